The zero-order valence-corrected chi connectivity index (χ0v) is 17.9. The maximum absolute atomic E-state index is 12.6. The van der Waals surface area contributed by atoms with E-state index in [2.05, 4.69) is 4.99 Å². The van der Waals surface area contributed by atoms with Crippen molar-refractivity contribution in [2.75, 3.05) is 13.4 Å². The van der Waals surface area contributed by atoms with Gasteiger partial charge in [0.1, 0.15) is 6.54 Å². The molecule has 0 aliphatic rings. The second-order valence-electron chi connectivity index (χ2n) is 5.87. The van der Waals surface area contributed by atoms with Crippen molar-refractivity contribution in [2.45, 2.75) is 16.3 Å². The van der Waals surface area contributed by atoms with Gasteiger partial charge in [0, 0.05) is 10.5 Å². The lowest BCUT2D eigenvalue weighted by Gasteiger charge is -2.04. The number of benzene rings is 2. The van der Waals surface area contributed by atoms with E-state index in [-0.39, 0.29) is 16.2 Å². The van der Waals surface area contributed by atoms with Gasteiger partial charge in [0.15, 0.2) is 4.80 Å². The monoisotopic (exact) mass is 451 g/mol. The van der Waals surface area contributed by atoms with Crippen LogP contribution in [0.5, 0.6) is 0 Å². The lowest BCUT2D eigenvalue weighted by atomic mass is 10.2. The number of hydrogen-bond acceptors (Lipinski definition) is 7. The molecule has 152 valence electrons. The molecule has 2 N–H and O–H groups in total. The van der Waals surface area contributed by atoms with Gasteiger partial charge in [0.05, 0.1) is 22.2 Å². The van der Waals surface area contributed by atoms with Crippen molar-refractivity contribution >= 4 is 55.2 Å². The molecule has 0 radical (unpaired) electrons. The van der Waals surface area contributed by atoms with Gasteiger partial charge in [-0.2, -0.15) is 4.99 Å². The highest BCUT2D eigenvalue weighted by atomic mass is 32.2. The van der Waals surface area contributed by atoms with Crippen LogP contribution >= 0.6 is 23.1 Å². The minimum absolute atomic E-state index is 0.0676. The molecular formula is C18H17N3O5S3. The number of carbonyl (C=O) groups is 2. The minimum Gasteiger partial charge on any atom is -0.468 e. The van der Waals surface area contributed by atoms with E-state index < -0.39 is 21.9 Å². The van der Waals surface area contributed by atoms with E-state index in [1.54, 1.807) is 23.9 Å². The van der Waals surface area contributed by atoms with Crippen LogP contribution in [0, 0.1) is 0 Å². The fraction of sp³-hybridized carbons (Fsp3) is 0.167. The molecule has 0 atom stereocenters. The molecule has 3 rings (SSSR count). The summed E-state index contributed by atoms with van der Waals surface area (Å²) in [6, 6.07) is 11.2. The fourth-order valence-corrected chi connectivity index (χ4v) is 4.64. The van der Waals surface area contributed by atoms with Crippen molar-refractivity contribution in [3.63, 3.8) is 0 Å². The minimum atomic E-state index is -3.89. The third-order valence-corrected chi connectivity index (χ3v) is 6.73. The quantitative estimate of drug-likeness (QED) is 0.468. The van der Waals surface area contributed by atoms with Crippen molar-refractivity contribution in [1.29, 1.82) is 0 Å². The summed E-state index contributed by atoms with van der Waals surface area (Å²) in [5.74, 6) is -1.01. The van der Waals surface area contributed by atoms with Crippen LogP contribution in [0.1, 0.15) is 10.4 Å². The molecule has 2 aromatic carbocycles. The number of primary sulfonamides is 1. The zero-order chi connectivity index (χ0) is 21.2. The highest BCUT2D eigenvalue weighted by Gasteiger charge is 2.15. The van der Waals surface area contributed by atoms with Crippen molar-refractivity contribution in [3.05, 3.63) is 52.8 Å². The summed E-state index contributed by atoms with van der Waals surface area (Å²) >= 11 is 2.64. The normalized spacial score (nSPS) is 12.3. The number of aromatic nitrogens is 1. The summed E-state index contributed by atoms with van der Waals surface area (Å²) in [5.41, 5.74) is 0.937. The maximum Gasteiger partial charge on any atom is 0.325 e. The van der Waals surface area contributed by atoms with Crippen molar-refractivity contribution in [3.8, 4) is 0 Å². The molecular weight excluding hydrogens is 434 g/mol. The van der Waals surface area contributed by atoms with E-state index in [0.717, 1.165) is 16.2 Å². The van der Waals surface area contributed by atoms with E-state index in [4.69, 9.17) is 9.88 Å². The Morgan fingerprint density at radius 1 is 1.21 bits per heavy atom. The Kier molecular flexibility index (Phi) is 6.22. The summed E-state index contributed by atoms with van der Waals surface area (Å²) in [5, 5.41) is 5.19. The van der Waals surface area contributed by atoms with E-state index in [9.17, 15) is 18.0 Å². The van der Waals surface area contributed by atoms with Gasteiger partial charge in [-0.25, -0.2) is 13.6 Å². The number of carbonyl (C=O) groups excluding carboxylic acids is 2. The van der Waals surface area contributed by atoms with E-state index in [1.807, 2.05) is 18.4 Å². The molecule has 1 amide bonds. The van der Waals surface area contributed by atoms with Crippen LogP contribution in [-0.2, 0) is 26.1 Å². The molecule has 0 saturated heterocycles. The number of fused-ring (bicyclic) bond motifs is 1. The summed E-state index contributed by atoms with van der Waals surface area (Å²) in [4.78, 5) is 29.8. The topological polar surface area (TPSA) is 121 Å². The van der Waals surface area contributed by atoms with Gasteiger partial charge in [0.2, 0.25) is 10.0 Å². The molecule has 0 bridgehead atoms. The van der Waals surface area contributed by atoms with Crippen LogP contribution in [0.4, 0.5) is 0 Å². The van der Waals surface area contributed by atoms with Gasteiger partial charge in [-0.05, 0) is 48.7 Å². The number of nitrogens with zero attached hydrogens (tertiary/aromatic N) is 2. The van der Waals surface area contributed by atoms with Gasteiger partial charge in [-0.1, -0.05) is 11.3 Å². The fourth-order valence-electron chi connectivity index (χ4n) is 2.55. The van der Waals surface area contributed by atoms with Crippen molar-refractivity contribution in [2.24, 2.45) is 10.1 Å². The molecule has 0 fully saturated rings. The molecule has 0 unspecified atom stereocenters. The molecule has 11 heteroatoms. The van der Waals surface area contributed by atoms with Crippen LogP contribution in [-0.4, -0.2) is 38.2 Å². The first-order valence-electron chi connectivity index (χ1n) is 8.19. The molecule has 1 aromatic heterocycles. The van der Waals surface area contributed by atoms with E-state index >= 15 is 0 Å². The summed E-state index contributed by atoms with van der Waals surface area (Å²) in [6.07, 6.45) is 1.93. The number of nitrogens with two attached hydrogens (primary N) is 1. The predicted octanol–water partition coefficient (Wildman–Crippen LogP) is 1.99. The van der Waals surface area contributed by atoms with Crippen LogP contribution in [0.2, 0.25) is 0 Å². The highest BCUT2D eigenvalue weighted by molar-refractivity contribution is 7.98. The maximum atomic E-state index is 12.6. The molecule has 1 heterocycles. The Morgan fingerprint density at radius 2 is 1.90 bits per heavy atom. The lowest BCUT2D eigenvalue weighted by Crippen LogP contribution is -2.22. The summed E-state index contributed by atoms with van der Waals surface area (Å²) in [6.45, 7) is -0.178. The Hall–Kier alpha value is -2.47. The number of thioether (sulfide) groups is 1. The molecule has 0 aliphatic heterocycles. The van der Waals surface area contributed by atoms with Crippen molar-refractivity contribution in [1.82, 2.24) is 4.57 Å². The molecule has 29 heavy (non-hydrogen) atoms. The number of esters is 1. The first kappa shape index (κ1) is 21.2. The number of amides is 1. The van der Waals surface area contributed by atoms with E-state index in [0.29, 0.717) is 15.8 Å². The van der Waals surface area contributed by atoms with Crippen LogP contribution in [0.25, 0.3) is 10.2 Å². The molecule has 0 saturated carbocycles. The van der Waals surface area contributed by atoms with Crippen molar-refractivity contribution < 1.29 is 22.7 Å². The first-order valence-corrected chi connectivity index (χ1v) is 11.8. The number of methoxy groups -OCH3 is 1. The Labute approximate surface area is 175 Å². The number of hydrogen-bond donors (Lipinski definition) is 1. The Morgan fingerprint density at radius 3 is 2.48 bits per heavy atom. The lowest BCUT2D eigenvalue weighted by molar-refractivity contribution is -0.141. The second kappa shape index (κ2) is 8.49. The van der Waals surface area contributed by atoms with Crippen LogP contribution < -0.4 is 9.94 Å². The number of thiazole rings is 1. The second-order valence-corrected chi connectivity index (χ2v) is 9.32. The van der Waals surface area contributed by atoms with E-state index in [1.165, 1.54) is 29.9 Å². The predicted molar refractivity (Wildman–Crippen MR) is 111 cm³/mol. The average Bonchev–Trinajstić information content (AvgIpc) is 3.03. The SMILES string of the molecule is COC(=O)Cn1c(=NC(=O)c2ccc(SC)cc2)sc2cc(S(N)(=O)=O)ccc21. The summed E-state index contributed by atoms with van der Waals surface area (Å²) < 4.78 is 30.0. The number of ether oxygens (including phenoxy) is 1. The third kappa shape index (κ3) is 4.75. The number of rotatable bonds is 5. The van der Waals surface area contributed by atoms with Gasteiger partial charge >= 0.3 is 5.97 Å². The summed E-state index contributed by atoms with van der Waals surface area (Å²) in [7, 11) is -2.64. The van der Waals surface area contributed by atoms with Gasteiger partial charge in [-0.3, -0.25) is 9.59 Å². The number of sulfonamides is 1. The molecule has 3 aromatic rings. The van der Waals surface area contributed by atoms with Gasteiger partial charge in [-0.15, -0.1) is 11.8 Å². The Balaban J connectivity index is 2.15. The molecule has 8 nitrogen and oxygen atoms in total. The first-order chi connectivity index (χ1) is 13.7. The average molecular weight is 452 g/mol. The molecule has 0 spiro atoms. The third-order valence-electron chi connectivity index (χ3n) is 4.03. The van der Waals surface area contributed by atoms with Gasteiger partial charge in [0.25, 0.3) is 5.91 Å². The van der Waals surface area contributed by atoms with Crippen LogP contribution in [0.3, 0.4) is 0 Å². The van der Waals surface area contributed by atoms with Crippen LogP contribution in [0.15, 0.2) is 57.2 Å². The largest absolute Gasteiger partial charge is 0.468 e. The highest BCUT2D eigenvalue weighted by Crippen LogP contribution is 2.22. The zero-order valence-electron chi connectivity index (χ0n) is 15.5. The van der Waals surface area contributed by atoms with Gasteiger partial charge < -0.3 is 9.30 Å². The smallest absolute Gasteiger partial charge is 0.325 e. The Bertz CT molecular complexity index is 1260. The molecule has 0 aliphatic carbocycles. The standard InChI is InChI=1S/C18H17N3O5S3/c1-26-16(22)10-21-14-8-7-13(29(19,24)25)9-15(14)28-18(21)20-17(23)11-3-5-12(27-2)6-4-11/h3-9H,10H2,1-2H3,(H2,19,24,25).